The summed E-state index contributed by atoms with van der Waals surface area (Å²) in [5.41, 5.74) is 0.326. The number of esters is 3. The first-order chi connectivity index (χ1) is 16.0. The number of ether oxygens (including phenoxy) is 6. The average molecular weight is 481 g/mol. The fourth-order valence-electron chi connectivity index (χ4n) is 3.37. The third-order valence-electron chi connectivity index (χ3n) is 4.64. The normalized spacial score (nSPS) is 23.7. The Morgan fingerprint density at radius 1 is 0.971 bits per heavy atom. The van der Waals surface area contributed by atoms with Gasteiger partial charge in [0.15, 0.2) is 23.7 Å². The molecule has 0 spiro atoms. The summed E-state index contributed by atoms with van der Waals surface area (Å²) in [5.74, 6) is -2.24. The molecular formula is C22H27NO11. The molecule has 0 radical (unpaired) electrons. The molecule has 1 aliphatic heterocycles. The molecule has 1 aromatic carbocycles. The molecule has 12 heteroatoms. The van der Waals surface area contributed by atoms with Crippen molar-refractivity contribution >= 4 is 30.1 Å². The third kappa shape index (κ3) is 7.17. The summed E-state index contributed by atoms with van der Waals surface area (Å²) >= 11 is 0. The molecule has 0 aliphatic carbocycles. The van der Waals surface area contributed by atoms with Crippen LogP contribution in [-0.4, -0.2) is 74.5 Å². The van der Waals surface area contributed by atoms with Crippen molar-refractivity contribution in [3.05, 3.63) is 23.8 Å². The van der Waals surface area contributed by atoms with Gasteiger partial charge in [-0.2, -0.15) is 0 Å². The van der Waals surface area contributed by atoms with Crippen molar-refractivity contribution in [3.8, 4) is 11.5 Å². The van der Waals surface area contributed by atoms with Crippen molar-refractivity contribution in [2.75, 3.05) is 13.7 Å². The monoisotopic (exact) mass is 481 g/mol. The molecule has 0 saturated carbocycles. The van der Waals surface area contributed by atoms with E-state index in [2.05, 4.69) is 5.32 Å². The summed E-state index contributed by atoms with van der Waals surface area (Å²) < 4.78 is 32.9. The van der Waals surface area contributed by atoms with Gasteiger partial charge in [0, 0.05) is 33.3 Å². The lowest BCUT2D eigenvalue weighted by Crippen LogP contribution is -2.67. The van der Waals surface area contributed by atoms with E-state index in [0.29, 0.717) is 11.8 Å². The summed E-state index contributed by atoms with van der Waals surface area (Å²) in [6, 6.07) is 3.22. The molecule has 0 bridgehead atoms. The number of nitrogens with one attached hydrogen (secondary N) is 1. The number of methoxy groups -OCH3 is 1. The highest BCUT2D eigenvalue weighted by Gasteiger charge is 2.52. The SMILES string of the molecule is COc1cc(C=O)ccc1O[C@@H]1O[C@H](COC(C)=O)[C@@H](OC(C)=O)[C@H](OC(C)=O)[C@H]1NC(C)=O. The van der Waals surface area contributed by atoms with Crippen LogP contribution in [0.1, 0.15) is 38.1 Å². The van der Waals surface area contributed by atoms with E-state index in [4.69, 9.17) is 28.4 Å². The Bertz CT molecular complexity index is 931. The first-order valence-electron chi connectivity index (χ1n) is 10.3. The van der Waals surface area contributed by atoms with Crippen molar-refractivity contribution in [3.63, 3.8) is 0 Å². The summed E-state index contributed by atoms with van der Waals surface area (Å²) in [7, 11) is 1.37. The van der Waals surface area contributed by atoms with E-state index in [1.54, 1.807) is 0 Å². The molecular weight excluding hydrogens is 454 g/mol. The van der Waals surface area contributed by atoms with Gasteiger partial charge in [-0.25, -0.2) is 0 Å². The lowest BCUT2D eigenvalue weighted by atomic mass is 9.96. The standard InChI is InChI=1S/C22H27NO11/c1-11(25)23-19-21(32-14(4)28)20(31-13(3)27)18(10-30-12(2)26)34-22(19)33-16-7-6-15(9-24)8-17(16)29-5/h6-9,18-22H,10H2,1-5H3,(H,23,25)/t18-,19-,20-,21-,22-/m1/s1. The highest BCUT2D eigenvalue weighted by Crippen LogP contribution is 2.33. The molecule has 0 aromatic heterocycles. The van der Waals surface area contributed by atoms with Crippen LogP contribution >= 0.6 is 0 Å². The molecule has 12 nitrogen and oxygen atoms in total. The van der Waals surface area contributed by atoms with Gasteiger partial charge in [-0.05, 0) is 18.2 Å². The quantitative estimate of drug-likeness (QED) is 0.299. The smallest absolute Gasteiger partial charge is 0.303 e. The lowest BCUT2D eigenvalue weighted by Gasteiger charge is -2.44. The van der Waals surface area contributed by atoms with Gasteiger partial charge in [-0.1, -0.05) is 0 Å². The Kier molecular flexibility index (Phi) is 9.36. The Morgan fingerprint density at radius 3 is 2.15 bits per heavy atom. The van der Waals surface area contributed by atoms with Crippen molar-refractivity contribution in [2.45, 2.75) is 58.3 Å². The minimum atomic E-state index is -1.31. The van der Waals surface area contributed by atoms with Crippen LogP contribution < -0.4 is 14.8 Å². The predicted octanol–water partition coefficient (Wildman–Crippen LogP) is 0.543. The molecule has 0 unspecified atom stereocenters. The largest absolute Gasteiger partial charge is 0.493 e. The second-order valence-electron chi connectivity index (χ2n) is 7.37. The molecule has 1 heterocycles. The first-order valence-corrected chi connectivity index (χ1v) is 10.3. The fraction of sp³-hybridized carbons (Fsp3) is 0.500. The van der Waals surface area contributed by atoms with E-state index in [1.165, 1.54) is 39.2 Å². The van der Waals surface area contributed by atoms with Crippen LogP contribution in [0.5, 0.6) is 11.5 Å². The zero-order valence-corrected chi connectivity index (χ0v) is 19.4. The second kappa shape index (κ2) is 12.0. The van der Waals surface area contributed by atoms with E-state index in [0.717, 1.165) is 13.8 Å². The predicted molar refractivity (Wildman–Crippen MR) is 113 cm³/mol. The third-order valence-corrected chi connectivity index (χ3v) is 4.64. The molecule has 186 valence electrons. The Balaban J connectivity index is 2.51. The zero-order valence-electron chi connectivity index (χ0n) is 19.4. The summed E-state index contributed by atoms with van der Waals surface area (Å²) in [4.78, 5) is 58.1. The maximum absolute atomic E-state index is 12.0. The topological polar surface area (TPSA) is 153 Å². The summed E-state index contributed by atoms with van der Waals surface area (Å²) in [5, 5.41) is 2.59. The van der Waals surface area contributed by atoms with E-state index in [9.17, 15) is 24.0 Å². The number of carbonyl (C=O) groups excluding carboxylic acids is 5. The first kappa shape index (κ1) is 26.6. The van der Waals surface area contributed by atoms with Gasteiger partial charge in [0.25, 0.3) is 0 Å². The number of amides is 1. The van der Waals surface area contributed by atoms with E-state index in [1.807, 2.05) is 0 Å². The molecule has 1 amide bonds. The van der Waals surface area contributed by atoms with Gasteiger partial charge in [-0.15, -0.1) is 0 Å². The molecule has 5 atom stereocenters. The number of hydrogen-bond donors (Lipinski definition) is 1. The van der Waals surface area contributed by atoms with Crippen LogP contribution in [0.15, 0.2) is 18.2 Å². The zero-order chi connectivity index (χ0) is 25.4. The van der Waals surface area contributed by atoms with Gasteiger partial charge in [-0.3, -0.25) is 24.0 Å². The van der Waals surface area contributed by atoms with Crippen LogP contribution in [-0.2, 0) is 38.1 Å². The molecule has 1 saturated heterocycles. The minimum Gasteiger partial charge on any atom is -0.493 e. The highest BCUT2D eigenvalue weighted by molar-refractivity contribution is 5.76. The lowest BCUT2D eigenvalue weighted by molar-refractivity contribution is -0.257. The van der Waals surface area contributed by atoms with Crippen LogP contribution in [0.25, 0.3) is 0 Å². The Labute approximate surface area is 195 Å². The highest BCUT2D eigenvalue weighted by atomic mass is 16.7. The summed E-state index contributed by atoms with van der Waals surface area (Å²) in [6.07, 6.45) is -4.30. The molecule has 1 aliphatic rings. The van der Waals surface area contributed by atoms with E-state index >= 15 is 0 Å². The number of benzene rings is 1. The van der Waals surface area contributed by atoms with Crippen LogP contribution in [0.3, 0.4) is 0 Å². The number of rotatable bonds is 9. The van der Waals surface area contributed by atoms with Crippen molar-refractivity contribution in [1.82, 2.24) is 5.32 Å². The van der Waals surface area contributed by atoms with E-state index in [-0.39, 0.29) is 18.1 Å². The maximum Gasteiger partial charge on any atom is 0.303 e. The molecule has 34 heavy (non-hydrogen) atoms. The van der Waals surface area contributed by atoms with Gasteiger partial charge in [0.1, 0.15) is 25.0 Å². The molecule has 1 fully saturated rings. The number of aldehydes is 1. The van der Waals surface area contributed by atoms with Crippen LogP contribution in [0.4, 0.5) is 0 Å². The molecule has 1 N–H and O–H groups in total. The minimum absolute atomic E-state index is 0.146. The van der Waals surface area contributed by atoms with E-state index < -0.39 is 54.5 Å². The Hall–Kier alpha value is -3.67. The van der Waals surface area contributed by atoms with Gasteiger partial charge < -0.3 is 33.7 Å². The maximum atomic E-state index is 12.0. The van der Waals surface area contributed by atoms with Gasteiger partial charge >= 0.3 is 17.9 Å². The van der Waals surface area contributed by atoms with Crippen molar-refractivity contribution in [1.29, 1.82) is 0 Å². The second-order valence-corrected chi connectivity index (χ2v) is 7.37. The van der Waals surface area contributed by atoms with Crippen molar-refractivity contribution in [2.24, 2.45) is 0 Å². The summed E-state index contributed by atoms with van der Waals surface area (Å²) in [6.45, 7) is 4.33. The molecule has 2 rings (SSSR count). The fourth-order valence-corrected chi connectivity index (χ4v) is 3.37. The van der Waals surface area contributed by atoms with Gasteiger partial charge in [0.2, 0.25) is 12.2 Å². The average Bonchev–Trinajstić information content (AvgIpc) is 2.75. The van der Waals surface area contributed by atoms with Crippen LogP contribution in [0, 0.1) is 0 Å². The van der Waals surface area contributed by atoms with Gasteiger partial charge in [0.05, 0.1) is 7.11 Å². The number of carbonyl (C=O) groups is 5. The number of hydrogen-bond acceptors (Lipinski definition) is 11. The molecule has 1 aromatic rings. The Morgan fingerprint density at radius 2 is 1.62 bits per heavy atom. The van der Waals surface area contributed by atoms with Crippen LogP contribution in [0.2, 0.25) is 0 Å². The van der Waals surface area contributed by atoms with Crippen molar-refractivity contribution < 1.29 is 52.4 Å².